The predicted octanol–water partition coefficient (Wildman–Crippen LogP) is 3.50. The molecule has 0 radical (unpaired) electrons. The molecular weight excluding hydrogens is 257 g/mol. The van der Waals surface area contributed by atoms with Crippen molar-refractivity contribution in [2.75, 3.05) is 25.1 Å². The molecule has 0 fully saturated rings. The van der Waals surface area contributed by atoms with E-state index < -0.39 is 6.10 Å². The Morgan fingerprint density at radius 1 is 1.30 bits per heavy atom. The number of hydrogen-bond donors (Lipinski definition) is 2. The van der Waals surface area contributed by atoms with Crippen molar-refractivity contribution >= 4 is 5.69 Å². The van der Waals surface area contributed by atoms with Gasteiger partial charge in [-0.1, -0.05) is 32.3 Å². The first-order valence-corrected chi connectivity index (χ1v) is 7.39. The number of hydrogen-bond acceptors (Lipinski definition) is 3. The van der Waals surface area contributed by atoms with E-state index in [1.807, 2.05) is 6.92 Å². The Labute approximate surface area is 121 Å². The van der Waals surface area contributed by atoms with Crippen LogP contribution in [0.5, 0.6) is 0 Å². The third-order valence-corrected chi connectivity index (χ3v) is 3.18. The summed E-state index contributed by atoms with van der Waals surface area (Å²) in [5, 5.41) is 12.8. The quantitative estimate of drug-likeness (QED) is 0.646. The number of halogens is 1. The van der Waals surface area contributed by atoms with Gasteiger partial charge in [-0.15, -0.1) is 0 Å². The minimum Gasteiger partial charge on any atom is -0.389 e. The van der Waals surface area contributed by atoms with E-state index in [1.165, 1.54) is 31.4 Å². The number of aryl methyl sites for hydroxylation is 1. The second-order valence-electron chi connectivity index (χ2n) is 5.13. The van der Waals surface area contributed by atoms with Gasteiger partial charge in [-0.2, -0.15) is 0 Å². The Kier molecular flexibility index (Phi) is 8.23. The van der Waals surface area contributed by atoms with Gasteiger partial charge in [0.2, 0.25) is 0 Å². The number of benzene rings is 1. The van der Waals surface area contributed by atoms with Crippen LogP contribution in [0.3, 0.4) is 0 Å². The van der Waals surface area contributed by atoms with Gasteiger partial charge in [-0.3, -0.25) is 0 Å². The topological polar surface area (TPSA) is 41.5 Å². The number of unbranched alkanes of at least 4 members (excludes halogenated alkanes) is 3. The highest BCUT2D eigenvalue weighted by Crippen LogP contribution is 2.15. The van der Waals surface area contributed by atoms with Crippen LogP contribution in [0.2, 0.25) is 0 Å². The molecule has 0 saturated heterocycles. The average Bonchev–Trinajstić information content (AvgIpc) is 2.43. The number of nitrogens with one attached hydrogen (secondary N) is 1. The summed E-state index contributed by atoms with van der Waals surface area (Å²) in [4.78, 5) is 0. The van der Waals surface area contributed by atoms with E-state index in [-0.39, 0.29) is 5.82 Å². The first-order valence-electron chi connectivity index (χ1n) is 7.39. The number of aliphatic hydroxyl groups is 1. The van der Waals surface area contributed by atoms with E-state index in [2.05, 4.69) is 12.2 Å². The lowest BCUT2D eigenvalue weighted by Gasteiger charge is -2.14. The average molecular weight is 283 g/mol. The van der Waals surface area contributed by atoms with E-state index in [4.69, 9.17) is 4.74 Å². The number of anilines is 1. The normalized spacial score (nSPS) is 12.4. The van der Waals surface area contributed by atoms with Crippen molar-refractivity contribution < 1.29 is 14.2 Å². The summed E-state index contributed by atoms with van der Waals surface area (Å²) < 4.78 is 18.5. The van der Waals surface area contributed by atoms with E-state index in [0.29, 0.717) is 25.4 Å². The summed E-state index contributed by atoms with van der Waals surface area (Å²) >= 11 is 0. The summed E-state index contributed by atoms with van der Waals surface area (Å²) in [6, 6.07) is 4.58. The zero-order valence-electron chi connectivity index (χ0n) is 12.5. The molecular formula is C16H26FNO2. The summed E-state index contributed by atoms with van der Waals surface area (Å²) in [6.45, 7) is 5.44. The van der Waals surface area contributed by atoms with Crippen LogP contribution in [0.25, 0.3) is 0 Å². The number of aliphatic hydroxyl groups excluding tert-OH is 1. The predicted molar refractivity (Wildman–Crippen MR) is 80.6 cm³/mol. The maximum atomic E-state index is 13.1. The SMILES string of the molecule is CCCCCCOCC(O)CNc1cc(F)ccc1C. The van der Waals surface area contributed by atoms with Gasteiger partial charge in [0.05, 0.1) is 12.7 Å². The highest BCUT2D eigenvalue weighted by molar-refractivity contribution is 5.50. The van der Waals surface area contributed by atoms with Crippen molar-refractivity contribution in [3.05, 3.63) is 29.6 Å². The number of rotatable bonds is 10. The van der Waals surface area contributed by atoms with Gasteiger partial charge in [-0.05, 0) is 31.0 Å². The van der Waals surface area contributed by atoms with E-state index >= 15 is 0 Å². The lowest BCUT2D eigenvalue weighted by Crippen LogP contribution is -2.25. The molecule has 0 spiro atoms. The van der Waals surface area contributed by atoms with Crippen molar-refractivity contribution in [1.82, 2.24) is 0 Å². The van der Waals surface area contributed by atoms with Gasteiger partial charge in [0.15, 0.2) is 0 Å². The molecule has 1 unspecified atom stereocenters. The third kappa shape index (κ3) is 6.87. The van der Waals surface area contributed by atoms with E-state index in [0.717, 1.165) is 12.0 Å². The standard InChI is InChI=1S/C16H26FNO2/c1-3-4-5-6-9-20-12-15(19)11-18-16-10-14(17)8-7-13(16)2/h7-8,10,15,18-19H,3-6,9,11-12H2,1-2H3. The van der Waals surface area contributed by atoms with E-state index in [1.54, 1.807) is 6.07 Å². The molecule has 20 heavy (non-hydrogen) atoms. The van der Waals surface area contributed by atoms with Gasteiger partial charge in [-0.25, -0.2) is 4.39 Å². The molecule has 0 saturated carbocycles. The second kappa shape index (κ2) is 9.72. The Bertz CT molecular complexity index is 385. The number of ether oxygens (including phenoxy) is 1. The van der Waals surface area contributed by atoms with Crippen LogP contribution in [0, 0.1) is 12.7 Å². The first kappa shape index (κ1) is 16.9. The van der Waals surface area contributed by atoms with Crippen LogP contribution in [-0.2, 0) is 4.74 Å². The van der Waals surface area contributed by atoms with Crippen LogP contribution in [0.15, 0.2) is 18.2 Å². The summed E-state index contributed by atoms with van der Waals surface area (Å²) in [7, 11) is 0. The Morgan fingerprint density at radius 2 is 2.10 bits per heavy atom. The van der Waals surface area contributed by atoms with Crippen molar-refractivity contribution in [2.24, 2.45) is 0 Å². The van der Waals surface area contributed by atoms with Crippen molar-refractivity contribution in [2.45, 2.75) is 45.6 Å². The first-order chi connectivity index (χ1) is 9.63. The Hall–Kier alpha value is -1.13. The zero-order valence-corrected chi connectivity index (χ0v) is 12.5. The van der Waals surface area contributed by atoms with Crippen LogP contribution in [-0.4, -0.2) is 31.0 Å². The molecule has 1 aromatic rings. The van der Waals surface area contributed by atoms with Crippen LogP contribution in [0.4, 0.5) is 10.1 Å². The fourth-order valence-electron chi connectivity index (χ4n) is 1.92. The van der Waals surface area contributed by atoms with Crippen LogP contribution in [0.1, 0.15) is 38.2 Å². The monoisotopic (exact) mass is 283 g/mol. The summed E-state index contributed by atoms with van der Waals surface area (Å²) in [5.41, 5.74) is 1.67. The molecule has 1 aromatic carbocycles. The molecule has 0 aromatic heterocycles. The molecule has 1 atom stereocenters. The summed E-state index contributed by atoms with van der Waals surface area (Å²) in [5.74, 6) is -0.278. The largest absolute Gasteiger partial charge is 0.389 e. The molecule has 3 nitrogen and oxygen atoms in total. The lowest BCUT2D eigenvalue weighted by molar-refractivity contribution is 0.0416. The van der Waals surface area contributed by atoms with Gasteiger partial charge in [0.25, 0.3) is 0 Å². The second-order valence-corrected chi connectivity index (χ2v) is 5.13. The van der Waals surface area contributed by atoms with Crippen molar-refractivity contribution in [1.29, 1.82) is 0 Å². The zero-order chi connectivity index (χ0) is 14.8. The van der Waals surface area contributed by atoms with Crippen LogP contribution >= 0.6 is 0 Å². The molecule has 0 aliphatic carbocycles. The van der Waals surface area contributed by atoms with Crippen molar-refractivity contribution in [3.8, 4) is 0 Å². The molecule has 0 aliphatic rings. The molecule has 0 aliphatic heterocycles. The maximum absolute atomic E-state index is 13.1. The molecule has 0 amide bonds. The van der Waals surface area contributed by atoms with Gasteiger partial charge in [0.1, 0.15) is 5.82 Å². The van der Waals surface area contributed by atoms with E-state index in [9.17, 15) is 9.50 Å². The van der Waals surface area contributed by atoms with Crippen LogP contribution < -0.4 is 5.32 Å². The Balaban J connectivity index is 2.16. The van der Waals surface area contributed by atoms with Gasteiger partial charge >= 0.3 is 0 Å². The molecule has 114 valence electrons. The van der Waals surface area contributed by atoms with Crippen molar-refractivity contribution in [3.63, 3.8) is 0 Å². The molecule has 1 rings (SSSR count). The third-order valence-electron chi connectivity index (χ3n) is 3.18. The highest BCUT2D eigenvalue weighted by Gasteiger charge is 2.06. The Morgan fingerprint density at radius 3 is 2.85 bits per heavy atom. The molecule has 2 N–H and O–H groups in total. The molecule has 4 heteroatoms. The summed E-state index contributed by atoms with van der Waals surface area (Å²) in [6.07, 6.45) is 4.07. The minimum absolute atomic E-state index is 0.278. The van der Waals surface area contributed by atoms with Gasteiger partial charge < -0.3 is 15.2 Å². The van der Waals surface area contributed by atoms with Gasteiger partial charge in [0, 0.05) is 18.8 Å². The minimum atomic E-state index is -0.580. The maximum Gasteiger partial charge on any atom is 0.125 e. The molecule has 0 bridgehead atoms. The lowest BCUT2D eigenvalue weighted by atomic mass is 10.2. The fourth-order valence-corrected chi connectivity index (χ4v) is 1.92. The highest BCUT2D eigenvalue weighted by atomic mass is 19.1. The molecule has 0 heterocycles. The fraction of sp³-hybridized carbons (Fsp3) is 0.625. The smallest absolute Gasteiger partial charge is 0.125 e.